The minimum Gasteiger partial charge on any atom is -0.410 e. The molecule has 0 aliphatic rings. The Labute approximate surface area is 166 Å². The molecule has 0 atom stereocenters. The zero-order chi connectivity index (χ0) is 19.6. The van der Waals surface area contributed by atoms with Crippen LogP contribution in [0.3, 0.4) is 0 Å². The van der Waals surface area contributed by atoms with Gasteiger partial charge in [-0.1, -0.05) is 40.5 Å². The number of oxime groups is 1. The Bertz CT molecular complexity index is 1000. The Morgan fingerprint density at radius 3 is 2.37 bits per heavy atom. The van der Waals surface area contributed by atoms with Gasteiger partial charge in [-0.05, 0) is 41.8 Å². The Morgan fingerprint density at radius 1 is 1.04 bits per heavy atom. The molecule has 0 amide bonds. The highest BCUT2D eigenvalue weighted by Crippen LogP contribution is 2.37. The molecular weight excluding hydrogens is 420 g/mol. The number of alkyl halides is 3. The number of rotatable bonds is 4. The zero-order valence-corrected chi connectivity index (χ0v) is 15.7. The van der Waals surface area contributed by atoms with Crippen LogP contribution in [0.1, 0.15) is 16.0 Å². The quantitative estimate of drug-likeness (QED) is 0.264. The van der Waals surface area contributed by atoms with Gasteiger partial charge >= 0.3 is 6.18 Å². The van der Waals surface area contributed by atoms with Gasteiger partial charge in [-0.2, -0.15) is 13.2 Å². The van der Waals surface area contributed by atoms with Crippen molar-refractivity contribution in [3.05, 3.63) is 80.0 Å². The van der Waals surface area contributed by atoms with E-state index in [4.69, 9.17) is 23.2 Å². The SMILES string of the molecule is ON=C(c1ccc(Nc2ccccc2C(F)(F)F)cc1Cl)c1sccc1Cl. The van der Waals surface area contributed by atoms with Crippen LogP contribution in [0.25, 0.3) is 0 Å². The third-order valence-corrected chi connectivity index (χ3v) is 5.33. The molecule has 1 aromatic heterocycles. The molecule has 3 aromatic rings. The van der Waals surface area contributed by atoms with Gasteiger partial charge in [0.1, 0.15) is 5.71 Å². The van der Waals surface area contributed by atoms with Gasteiger partial charge < -0.3 is 10.5 Å². The minimum absolute atomic E-state index is 0.0915. The average molecular weight is 431 g/mol. The van der Waals surface area contributed by atoms with E-state index in [-0.39, 0.29) is 16.4 Å². The van der Waals surface area contributed by atoms with Gasteiger partial charge in [-0.3, -0.25) is 0 Å². The largest absolute Gasteiger partial charge is 0.418 e. The molecule has 0 saturated carbocycles. The number of benzene rings is 2. The van der Waals surface area contributed by atoms with Gasteiger partial charge in [0.15, 0.2) is 0 Å². The van der Waals surface area contributed by atoms with Crippen LogP contribution in [0.4, 0.5) is 24.5 Å². The molecule has 2 N–H and O–H groups in total. The summed E-state index contributed by atoms with van der Waals surface area (Å²) in [4.78, 5) is 0.532. The molecule has 27 heavy (non-hydrogen) atoms. The highest BCUT2D eigenvalue weighted by Gasteiger charge is 2.33. The predicted molar refractivity (Wildman–Crippen MR) is 103 cm³/mol. The molecule has 140 valence electrons. The summed E-state index contributed by atoms with van der Waals surface area (Å²) in [6.45, 7) is 0. The molecule has 0 radical (unpaired) electrons. The van der Waals surface area contributed by atoms with Crippen LogP contribution < -0.4 is 5.32 Å². The lowest BCUT2D eigenvalue weighted by Crippen LogP contribution is -2.09. The van der Waals surface area contributed by atoms with Gasteiger partial charge in [-0.25, -0.2) is 0 Å². The summed E-state index contributed by atoms with van der Waals surface area (Å²) in [5.74, 6) is 0. The summed E-state index contributed by atoms with van der Waals surface area (Å²) in [7, 11) is 0. The number of anilines is 2. The first-order chi connectivity index (χ1) is 12.8. The molecule has 0 spiro atoms. The van der Waals surface area contributed by atoms with Crippen LogP contribution in [0.5, 0.6) is 0 Å². The summed E-state index contributed by atoms with van der Waals surface area (Å²) < 4.78 is 39.4. The summed E-state index contributed by atoms with van der Waals surface area (Å²) in [6.07, 6.45) is -4.49. The fourth-order valence-corrected chi connectivity index (χ4v) is 3.88. The van der Waals surface area contributed by atoms with Crippen LogP contribution in [-0.2, 0) is 6.18 Å². The van der Waals surface area contributed by atoms with Crippen LogP contribution in [0.2, 0.25) is 10.0 Å². The smallest absolute Gasteiger partial charge is 0.410 e. The van der Waals surface area contributed by atoms with Crippen molar-refractivity contribution >= 4 is 51.6 Å². The standard InChI is InChI=1S/C18H11Cl2F3N2OS/c19-13-7-8-27-17(13)16(25-26)11-6-5-10(9-14(11)20)24-15-4-2-1-3-12(15)18(21,22)23/h1-9,24,26H. The molecule has 3 nitrogen and oxygen atoms in total. The van der Waals surface area contributed by atoms with Crippen molar-refractivity contribution in [2.75, 3.05) is 5.32 Å². The minimum atomic E-state index is -4.49. The maximum Gasteiger partial charge on any atom is 0.418 e. The summed E-state index contributed by atoms with van der Waals surface area (Å²) >= 11 is 13.6. The summed E-state index contributed by atoms with van der Waals surface area (Å²) in [6, 6.07) is 11.3. The number of halogens is 5. The van der Waals surface area contributed by atoms with Crippen molar-refractivity contribution in [1.29, 1.82) is 0 Å². The predicted octanol–water partition coefficient (Wildman–Crippen LogP) is 7.04. The number of hydrogen-bond acceptors (Lipinski definition) is 4. The van der Waals surface area contributed by atoms with E-state index < -0.39 is 11.7 Å². The van der Waals surface area contributed by atoms with E-state index in [0.717, 1.165) is 6.07 Å². The molecule has 0 saturated heterocycles. The average Bonchev–Trinajstić information content (AvgIpc) is 3.03. The molecule has 1 heterocycles. The van der Waals surface area contributed by atoms with E-state index in [0.29, 0.717) is 21.2 Å². The third kappa shape index (κ3) is 4.21. The molecular formula is C18H11Cl2F3N2OS. The van der Waals surface area contributed by atoms with E-state index in [9.17, 15) is 18.4 Å². The summed E-state index contributed by atoms with van der Waals surface area (Å²) in [5.41, 5.74) is 0.0646. The first-order valence-electron chi connectivity index (χ1n) is 7.50. The first kappa shape index (κ1) is 19.5. The fraction of sp³-hybridized carbons (Fsp3) is 0.0556. The zero-order valence-electron chi connectivity index (χ0n) is 13.4. The molecule has 3 rings (SSSR count). The van der Waals surface area contributed by atoms with Crippen LogP contribution in [0.15, 0.2) is 59.1 Å². The second-order valence-electron chi connectivity index (χ2n) is 5.41. The highest BCUT2D eigenvalue weighted by atomic mass is 35.5. The van der Waals surface area contributed by atoms with Crippen molar-refractivity contribution in [3.63, 3.8) is 0 Å². The lowest BCUT2D eigenvalue weighted by molar-refractivity contribution is -0.136. The van der Waals surface area contributed by atoms with Crippen molar-refractivity contribution < 1.29 is 18.4 Å². The van der Waals surface area contributed by atoms with Gasteiger partial charge in [0, 0.05) is 11.3 Å². The molecule has 0 aliphatic heterocycles. The number of nitrogens with one attached hydrogen (secondary N) is 1. The Morgan fingerprint density at radius 2 is 1.78 bits per heavy atom. The Kier molecular flexibility index (Phi) is 5.64. The summed E-state index contributed by atoms with van der Waals surface area (Å²) in [5, 5.41) is 17.7. The van der Waals surface area contributed by atoms with Crippen molar-refractivity contribution in [3.8, 4) is 0 Å². The van der Waals surface area contributed by atoms with Crippen molar-refractivity contribution in [1.82, 2.24) is 0 Å². The lowest BCUT2D eigenvalue weighted by atomic mass is 10.1. The molecule has 0 fully saturated rings. The van der Waals surface area contributed by atoms with E-state index in [2.05, 4.69) is 10.5 Å². The monoisotopic (exact) mass is 430 g/mol. The molecule has 0 unspecified atom stereocenters. The Balaban J connectivity index is 1.94. The molecule has 9 heteroatoms. The van der Waals surface area contributed by atoms with Gasteiger partial charge in [0.25, 0.3) is 0 Å². The fourth-order valence-electron chi connectivity index (χ4n) is 2.46. The number of hydrogen-bond donors (Lipinski definition) is 2. The highest BCUT2D eigenvalue weighted by molar-refractivity contribution is 7.13. The number of para-hydroxylation sites is 1. The van der Waals surface area contributed by atoms with E-state index >= 15 is 0 Å². The van der Waals surface area contributed by atoms with Gasteiger partial charge in [0.2, 0.25) is 0 Å². The van der Waals surface area contributed by atoms with E-state index in [1.807, 2.05) is 0 Å². The maximum absolute atomic E-state index is 13.1. The van der Waals surface area contributed by atoms with Gasteiger partial charge in [-0.15, -0.1) is 11.3 Å². The molecule has 0 aliphatic carbocycles. The lowest BCUT2D eigenvalue weighted by Gasteiger charge is -2.15. The van der Waals surface area contributed by atoms with E-state index in [1.165, 1.54) is 35.6 Å². The topological polar surface area (TPSA) is 44.6 Å². The van der Waals surface area contributed by atoms with Crippen LogP contribution in [0, 0.1) is 0 Å². The number of nitrogens with zero attached hydrogens (tertiary/aromatic N) is 1. The number of thiophene rings is 1. The first-order valence-corrected chi connectivity index (χ1v) is 9.13. The second-order valence-corrected chi connectivity index (χ2v) is 7.14. The third-order valence-electron chi connectivity index (χ3n) is 3.67. The van der Waals surface area contributed by atoms with E-state index in [1.54, 1.807) is 23.6 Å². The van der Waals surface area contributed by atoms with Crippen molar-refractivity contribution in [2.24, 2.45) is 5.16 Å². The maximum atomic E-state index is 13.1. The Hall–Kier alpha value is -2.22. The van der Waals surface area contributed by atoms with Gasteiger partial charge in [0.05, 0.1) is 26.2 Å². The molecule has 0 bridgehead atoms. The normalized spacial score (nSPS) is 12.3. The van der Waals surface area contributed by atoms with Crippen LogP contribution >= 0.6 is 34.5 Å². The second kappa shape index (κ2) is 7.80. The van der Waals surface area contributed by atoms with Crippen LogP contribution in [-0.4, -0.2) is 10.9 Å². The van der Waals surface area contributed by atoms with Crippen molar-refractivity contribution in [2.45, 2.75) is 6.18 Å². The molecule has 2 aromatic carbocycles.